The van der Waals surface area contributed by atoms with E-state index in [1.807, 2.05) is 0 Å². The van der Waals surface area contributed by atoms with Crippen LogP contribution in [0.5, 0.6) is 0 Å². The van der Waals surface area contributed by atoms with Gasteiger partial charge in [-0.2, -0.15) is 0 Å². The van der Waals surface area contributed by atoms with E-state index in [0.29, 0.717) is 12.1 Å². The minimum Gasteiger partial charge on any atom is -0.374 e. The van der Waals surface area contributed by atoms with Gasteiger partial charge in [-0.3, -0.25) is 4.90 Å². The van der Waals surface area contributed by atoms with Crippen molar-refractivity contribution in [3.8, 4) is 0 Å². The highest BCUT2D eigenvalue weighted by molar-refractivity contribution is 4.85. The molecule has 1 aliphatic carbocycles. The average molecular weight is 240 g/mol. The van der Waals surface area contributed by atoms with Gasteiger partial charge in [-0.05, 0) is 32.7 Å². The second-order valence-corrected chi connectivity index (χ2v) is 5.95. The van der Waals surface area contributed by atoms with Crippen molar-refractivity contribution < 1.29 is 4.74 Å². The van der Waals surface area contributed by atoms with Crippen molar-refractivity contribution in [3.05, 3.63) is 0 Å². The minimum atomic E-state index is 0.367. The second kappa shape index (κ2) is 6.17. The maximum Gasteiger partial charge on any atom is 0.0852 e. The number of morpholine rings is 1. The Kier molecular flexibility index (Phi) is 4.83. The first-order chi connectivity index (χ1) is 8.18. The van der Waals surface area contributed by atoms with Gasteiger partial charge in [0.05, 0.1) is 12.7 Å². The third-order valence-electron chi connectivity index (χ3n) is 4.62. The fourth-order valence-corrected chi connectivity index (χ4v) is 3.26. The summed E-state index contributed by atoms with van der Waals surface area (Å²) >= 11 is 0. The zero-order valence-electron chi connectivity index (χ0n) is 11.6. The fraction of sp³-hybridized carbons (Fsp3) is 1.00. The molecule has 4 atom stereocenters. The fourth-order valence-electron chi connectivity index (χ4n) is 3.26. The van der Waals surface area contributed by atoms with Crippen molar-refractivity contribution in [1.82, 2.24) is 10.2 Å². The molecule has 3 heteroatoms. The third kappa shape index (κ3) is 3.43. The SMILES string of the molecule is CC1CCCC(N(C)C(C)C2CNCCO2)C1. The number of nitrogens with one attached hydrogen (secondary N) is 1. The molecule has 0 aromatic heterocycles. The van der Waals surface area contributed by atoms with Crippen LogP contribution in [0.4, 0.5) is 0 Å². The van der Waals surface area contributed by atoms with Crippen molar-refractivity contribution in [2.75, 3.05) is 26.7 Å². The van der Waals surface area contributed by atoms with Crippen LogP contribution in [0.25, 0.3) is 0 Å². The Balaban J connectivity index is 1.86. The Bertz CT molecular complexity index is 228. The zero-order valence-corrected chi connectivity index (χ0v) is 11.6. The first-order valence-electron chi connectivity index (χ1n) is 7.22. The van der Waals surface area contributed by atoms with E-state index in [4.69, 9.17) is 4.74 Å². The van der Waals surface area contributed by atoms with Crippen LogP contribution in [-0.4, -0.2) is 49.8 Å². The van der Waals surface area contributed by atoms with Gasteiger partial charge in [0.25, 0.3) is 0 Å². The smallest absolute Gasteiger partial charge is 0.0852 e. The van der Waals surface area contributed by atoms with E-state index < -0.39 is 0 Å². The highest BCUT2D eigenvalue weighted by Crippen LogP contribution is 2.28. The van der Waals surface area contributed by atoms with E-state index in [-0.39, 0.29) is 0 Å². The molecule has 0 radical (unpaired) electrons. The lowest BCUT2D eigenvalue weighted by Crippen LogP contribution is -2.53. The van der Waals surface area contributed by atoms with E-state index in [2.05, 4.69) is 31.1 Å². The van der Waals surface area contributed by atoms with E-state index in [1.165, 1.54) is 25.7 Å². The number of ether oxygens (including phenoxy) is 1. The molecule has 0 bridgehead atoms. The predicted molar refractivity (Wildman–Crippen MR) is 71.3 cm³/mol. The molecular formula is C14H28N2O. The van der Waals surface area contributed by atoms with E-state index in [1.54, 1.807) is 0 Å². The molecule has 0 amide bonds. The lowest BCUT2D eigenvalue weighted by molar-refractivity contribution is -0.0351. The maximum absolute atomic E-state index is 5.87. The highest BCUT2D eigenvalue weighted by atomic mass is 16.5. The molecule has 1 N–H and O–H groups in total. The maximum atomic E-state index is 5.87. The molecule has 0 aromatic rings. The summed E-state index contributed by atoms with van der Waals surface area (Å²) in [4.78, 5) is 2.56. The van der Waals surface area contributed by atoms with Gasteiger partial charge >= 0.3 is 0 Å². The quantitative estimate of drug-likeness (QED) is 0.815. The first-order valence-corrected chi connectivity index (χ1v) is 7.22. The Morgan fingerprint density at radius 3 is 2.82 bits per heavy atom. The van der Waals surface area contributed by atoms with Gasteiger partial charge in [0.15, 0.2) is 0 Å². The molecule has 100 valence electrons. The Hall–Kier alpha value is -0.120. The molecule has 1 saturated heterocycles. The van der Waals surface area contributed by atoms with Crippen molar-refractivity contribution in [1.29, 1.82) is 0 Å². The lowest BCUT2D eigenvalue weighted by Gasteiger charge is -2.41. The molecule has 1 saturated carbocycles. The number of rotatable bonds is 3. The summed E-state index contributed by atoms with van der Waals surface area (Å²) < 4.78 is 5.87. The van der Waals surface area contributed by atoms with Gasteiger partial charge in [-0.15, -0.1) is 0 Å². The molecule has 0 spiro atoms. The summed E-state index contributed by atoms with van der Waals surface area (Å²) in [6.07, 6.45) is 5.91. The monoisotopic (exact) mass is 240 g/mol. The minimum absolute atomic E-state index is 0.367. The predicted octanol–water partition coefficient (Wildman–Crippen LogP) is 1.87. The van der Waals surface area contributed by atoms with Crippen LogP contribution in [0.15, 0.2) is 0 Å². The van der Waals surface area contributed by atoms with E-state index in [0.717, 1.165) is 31.7 Å². The summed E-state index contributed by atoms with van der Waals surface area (Å²) in [5, 5.41) is 3.43. The van der Waals surface area contributed by atoms with Crippen LogP contribution in [-0.2, 0) is 4.74 Å². The van der Waals surface area contributed by atoms with Gasteiger partial charge in [0, 0.05) is 25.2 Å². The molecule has 1 heterocycles. The number of likely N-dealkylation sites (N-methyl/N-ethyl adjacent to an activating group) is 1. The highest BCUT2D eigenvalue weighted by Gasteiger charge is 2.30. The number of nitrogens with zero attached hydrogens (tertiary/aromatic N) is 1. The molecule has 0 aromatic carbocycles. The molecule has 1 aliphatic heterocycles. The first kappa shape index (κ1) is 13.3. The summed E-state index contributed by atoms with van der Waals surface area (Å²) in [5.41, 5.74) is 0. The number of hydrogen-bond donors (Lipinski definition) is 1. The van der Waals surface area contributed by atoms with E-state index >= 15 is 0 Å². The topological polar surface area (TPSA) is 24.5 Å². The summed E-state index contributed by atoms with van der Waals surface area (Å²) in [7, 11) is 2.28. The van der Waals surface area contributed by atoms with Crippen LogP contribution in [0.1, 0.15) is 39.5 Å². The molecule has 17 heavy (non-hydrogen) atoms. The lowest BCUT2D eigenvalue weighted by atomic mass is 9.85. The van der Waals surface area contributed by atoms with Gasteiger partial charge < -0.3 is 10.1 Å². The molecule has 2 aliphatic rings. The van der Waals surface area contributed by atoms with Crippen LogP contribution < -0.4 is 5.32 Å². The van der Waals surface area contributed by atoms with Crippen molar-refractivity contribution in [3.63, 3.8) is 0 Å². The second-order valence-electron chi connectivity index (χ2n) is 5.95. The molecule has 4 unspecified atom stereocenters. The Labute approximate surface area is 106 Å². The van der Waals surface area contributed by atoms with Gasteiger partial charge in [-0.1, -0.05) is 19.8 Å². The summed E-state index contributed by atoms with van der Waals surface area (Å²) in [6.45, 7) is 7.59. The van der Waals surface area contributed by atoms with Crippen LogP contribution in [0.3, 0.4) is 0 Å². The van der Waals surface area contributed by atoms with E-state index in [9.17, 15) is 0 Å². The van der Waals surface area contributed by atoms with Crippen LogP contribution in [0, 0.1) is 5.92 Å². The standard InChI is InChI=1S/C14H28N2O/c1-11-5-4-6-13(9-11)16(3)12(2)14-10-15-7-8-17-14/h11-15H,4-10H2,1-3H3. The third-order valence-corrected chi connectivity index (χ3v) is 4.62. The normalized spacial score (nSPS) is 37.1. The van der Waals surface area contributed by atoms with Crippen molar-refractivity contribution >= 4 is 0 Å². The van der Waals surface area contributed by atoms with Gasteiger partial charge in [-0.25, -0.2) is 0 Å². The van der Waals surface area contributed by atoms with Gasteiger partial charge in [0.2, 0.25) is 0 Å². The molecular weight excluding hydrogens is 212 g/mol. The van der Waals surface area contributed by atoms with Crippen LogP contribution >= 0.6 is 0 Å². The van der Waals surface area contributed by atoms with Crippen LogP contribution in [0.2, 0.25) is 0 Å². The largest absolute Gasteiger partial charge is 0.374 e. The molecule has 2 fully saturated rings. The number of hydrogen-bond acceptors (Lipinski definition) is 3. The van der Waals surface area contributed by atoms with Crippen molar-refractivity contribution in [2.24, 2.45) is 5.92 Å². The summed E-state index contributed by atoms with van der Waals surface area (Å²) in [6, 6.07) is 1.29. The summed E-state index contributed by atoms with van der Waals surface area (Å²) in [5.74, 6) is 0.897. The molecule has 3 nitrogen and oxygen atoms in total. The Morgan fingerprint density at radius 2 is 2.18 bits per heavy atom. The molecule has 2 rings (SSSR count). The van der Waals surface area contributed by atoms with Crippen molar-refractivity contribution in [2.45, 2.75) is 57.7 Å². The Morgan fingerprint density at radius 1 is 1.35 bits per heavy atom. The average Bonchev–Trinajstić information content (AvgIpc) is 2.38. The van der Waals surface area contributed by atoms with Gasteiger partial charge in [0.1, 0.15) is 0 Å². The zero-order chi connectivity index (χ0) is 12.3.